The van der Waals surface area contributed by atoms with E-state index in [1.165, 1.54) is 69.8 Å². The van der Waals surface area contributed by atoms with Crippen molar-refractivity contribution < 1.29 is 4.79 Å². The van der Waals surface area contributed by atoms with Crippen LogP contribution in [0.3, 0.4) is 0 Å². The number of unbranched alkanes of at least 4 members (excludes halogenated alkanes) is 9. The molecule has 1 aliphatic carbocycles. The molecule has 0 aromatic heterocycles. The fourth-order valence-electron chi connectivity index (χ4n) is 4.56. The molecule has 2 unspecified atom stereocenters. The van der Waals surface area contributed by atoms with Gasteiger partial charge in [0, 0.05) is 5.92 Å². The van der Waals surface area contributed by atoms with E-state index < -0.39 is 0 Å². The van der Waals surface area contributed by atoms with Crippen LogP contribution in [0.25, 0.3) is 0 Å². The van der Waals surface area contributed by atoms with E-state index in [0.29, 0.717) is 5.78 Å². The van der Waals surface area contributed by atoms with Gasteiger partial charge in [0.1, 0.15) is 0 Å². The molecule has 0 aromatic rings. The Labute approximate surface area is 174 Å². The summed E-state index contributed by atoms with van der Waals surface area (Å²) in [5.41, 5.74) is 1.44. The molecule has 0 heterocycles. The van der Waals surface area contributed by atoms with Crippen molar-refractivity contribution in [3.8, 4) is 0 Å². The van der Waals surface area contributed by atoms with Crippen LogP contribution in [-0.4, -0.2) is 16.8 Å². The van der Waals surface area contributed by atoms with Crippen molar-refractivity contribution in [2.75, 3.05) is 5.75 Å². The van der Waals surface area contributed by atoms with Gasteiger partial charge in [-0.2, -0.15) is 11.8 Å². The first-order valence-corrected chi connectivity index (χ1v) is 12.8. The molecule has 0 aromatic carbocycles. The fraction of sp³-hybridized carbons (Fsp3) is 0.880. The molecule has 0 aliphatic heterocycles. The fourth-order valence-corrected chi connectivity index (χ4v) is 5.75. The molecular formula is C25H46OS. The minimum Gasteiger partial charge on any atom is -0.298 e. The van der Waals surface area contributed by atoms with E-state index in [-0.39, 0.29) is 16.6 Å². The highest BCUT2D eigenvalue weighted by Crippen LogP contribution is 2.43. The minimum absolute atomic E-state index is 0.126. The number of hydrogen-bond donors (Lipinski definition) is 0. The standard InChI is InChI=1S/C25H46OS/c1-6-8-9-10-11-12-13-14-15-16-20-27-22(7-2)24(26)23-21(3)18-17-19-25(23,4)5/h18,22-23H,6-17,19-20H2,1-5H3. The van der Waals surface area contributed by atoms with Crippen LogP contribution in [0.15, 0.2) is 11.6 Å². The average molecular weight is 395 g/mol. The molecule has 2 heteroatoms. The van der Waals surface area contributed by atoms with Gasteiger partial charge in [0.15, 0.2) is 5.78 Å². The van der Waals surface area contributed by atoms with Gasteiger partial charge in [-0.3, -0.25) is 4.79 Å². The van der Waals surface area contributed by atoms with Crippen molar-refractivity contribution in [1.29, 1.82) is 0 Å². The Hall–Kier alpha value is -0.240. The Kier molecular flexibility index (Phi) is 12.7. The number of Topliss-reactive ketones (excluding diaryl/α,β-unsaturated/α-hetero) is 1. The largest absolute Gasteiger partial charge is 0.298 e. The molecule has 1 nitrogen and oxygen atoms in total. The second kappa shape index (κ2) is 13.9. The lowest BCUT2D eigenvalue weighted by atomic mass is 9.66. The van der Waals surface area contributed by atoms with Gasteiger partial charge >= 0.3 is 0 Å². The number of carbonyl (C=O) groups is 1. The van der Waals surface area contributed by atoms with E-state index in [1.807, 2.05) is 11.8 Å². The highest BCUT2D eigenvalue weighted by molar-refractivity contribution is 8.00. The van der Waals surface area contributed by atoms with E-state index in [1.54, 1.807) is 0 Å². The van der Waals surface area contributed by atoms with Gasteiger partial charge < -0.3 is 0 Å². The Bertz CT molecular complexity index is 438. The van der Waals surface area contributed by atoms with Gasteiger partial charge in [-0.25, -0.2) is 0 Å². The van der Waals surface area contributed by atoms with Crippen molar-refractivity contribution in [2.24, 2.45) is 11.3 Å². The van der Waals surface area contributed by atoms with Crippen molar-refractivity contribution in [2.45, 2.75) is 123 Å². The maximum Gasteiger partial charge on any atom is 0.153 e. The van der Waals surface area contributed by atoms with Crippen LogP contribution in [-0.2, 0) is 4.79 Å². The molecule has 2 atom stereocenters. The maximum absolute atomic E-state index is 13.2. The normalized spacial score (nSPS) is 20.3. The molecule has 1 aliphatic rings. The van der Waals surface area contributed by atoms with Crippen LogP contribution in [0.2, 0.25) is 0 Å². The Morgan fingerprint density at radius 1 is 1.04 bits per heavy atom. The number of allylic oxidation sites excluding steroid dienone is 2. The van der Waals surface area contributed by atoms with Gasteiger partial charge in [0.2, 0.25) is 0 Å². The molecule has 0 amide bonds. The Morgan fingerprint density at radius 3 is 2.11 bits per heavy atom. The van der Waals surface area contributed by atoms with Gasteiger partial charge in [0.25, 0.3) is 0 Å². The van der Waals surface area contributed by atoms with Crippen molar-refractivity contribution in [3.05, 3.63) is 11.6 Å². The first kappa shape index (κ1) is 24.8. The van der Waals surface area contributed by atoms with Crippen LogP contribution < -0.4 is 0 Å². The molecule has 0 spiro atoms. The molecule has 1 rings (SSSR count). The summed E-state index contributed by atoms with van der Waals surface area (Å²) in [5.74, 6) is 1.78. The number of hydrogen-bond acceptors (Lipinski definition) is 2. The number of carbonyl (C=O) groups excluding carboxylic acids is 1. The summed E-state index contributed by atoms with van der Waals surface area (Å²) in [5, 5.41) is 0.189. The highest BCUT2D eigenvalue weighted by Gasteiger charge is 2.40. The van der Waals surface area contributed by atoms with Crippen LogP contribution in [0.5, 0.6) is 0 Å². The van der Waals surface area contributed by atoms with Crippen LogP contribution >= 0.6 is 11.8 Å². The third-order valence-electron chi connectivity index (χ3n) is 6.28. The maximum atomic E-state index is 13.2. The SMILES string of the molecule is CCCCCCCCCCCCSC(CC)C(=O)C1C(C)=CCCC1(C)C. The van der Waals surface area contributed by atoms with E-state index in [0.717, 1.165) is 25.0 Å². The molecule has 158 valence electrons. The van der Waals surface area contributed by atoms with Crippen LogP contribution in [0.1, 0.15) is 118 Å². The third-order valence-corrected chi connectivity index (χ3v) is 7.77. The van der Waals surface area contributed by atoms with E-state index in [9.17, 15) is 4.79 Å². The first-order valence-electron chi connectivity index (χ1n) is 11.8. The smallest absolute Gasteiger partial charge is 0.153 e. The van der Waals surface area contributed by atoms with E-state index >= 15 is 0 Å². The van der Waals surface area contributed by atoms with Crippen molar-refractivity contribution in [3.63, 3.8) is 0 Å². The summed E-state index contributed by atoms with van der Waals surface area (Å²) in [6.07, 6.45) is 19.3. The average Bonchev–Trinajstić information content (AvgIpc) is 2.62. The molecule has 0 fully saturated rings. The Morgan fingerprint density at radius 2 is 1.59 bits per heavy atom. The predicted octanol–water partition coefficient (Wildman–Crippen LogP) is 8.37. The van der Waals surface area contributed by atoms with Gasteiger partial charge in [-0.1, -0.05) is 97.1 Å². The summed E-state index contributed by atoms with van der Waals surface area (Å²) in [6, 6.07) is 0. The summed E-state index contributed by atoms with van der Waals surface area (Å²) < 4.78 is 0. The first-order chi connectivity index (χ1) is 12.9. The number of rotatable bonds is 15. The molecule has 0 bridgehead atoms. The minimum atomic E-state index is 0.126. The highest BCUT2D eigenvalue weighted by atomic mass is 32.2. The van der Waals surface area contributed by atoms with Crippen molar-refractivity contribution in [1.82, 2.24) is 0 Å². The molecular weight excluding hydrogens is 348 g/mol. The lowest BCUT2D eigenvalue weighted by Gasteiger charge is -2.39. The summed E-state index contributed by atoms with van der Waals surface area (Å²) in [7, 11) is 0. The molecule has 27 heavy (non-hydrogen) atoms. The summed E-state index contributed by atoms with van der Waals surface area (Å²) in [6.45, 7) is 11.2. The van der Waals surface area contributed by atoms with Gasteiger partial charge in [-0.15, -0.1) is 0 Å². The van der Waals surface area contributed by atoms with E-state index in [2.05, 4.69) is 40.7 Å². The second-order valence-electron chi connectivity index (χ2n) is 9.26. The van der Waals surface area contributed by atoms with Gasteiger partial charge in [-0.05, 0) is 43.8 Å². The quantitative estimate of drug-likeness (QED) is 0.205. The van der Waals surface area contributed by atoms with Crippen molar-refractivity contribution >= 4 is 17.5 Å². The van der Waals surface area contributed by atoms with E-state index in [4.69, 9.17) is 0 Å². The predicted molar refractivity (Wildman–Crippen MR) is 124 cm³/mol. The molecule has 0 N–H and O–H groups in total. The lowest BCUT2D eigenvalue weighted by Crippen LogP contribution is -2.38. The molecule has 0 radical (unpaired) electrons. The second-order valence-corrected chi connectivity index (χ2v) is 10.6. The summed E-state index contributed by atoms with van der Waals surface area (Å²) >= 11 is 1.93. The number of thioether (sulfide) groups is 1. The monoisotopic (exact) mass is 394 g/mol. The molecule has 0 saturated carbocycles. The zero-order valence-corrected chi connectivity index (χ0v) is 19.8. The van der Waals surface area contributed by atoms with Crippen LogP contribution in [0.4, 0.5) is 0 Å². The Balaban J connectivity index is 2.21. The zero-order chi connectivity index (χ0) is 20.1. The third kappa shape index (κ3) is 9.20. The topological polar surface area (TPSA) is 17.1 Å². The number of ketones is 1. The lowest BCUT2D eigenvalue weighted by molar-refractivity contribution is -0.124. The zero-order valence-electron chi connectivity index (χ0n) is 18.9. The van der Waals surface area contributed by atoms with Gasteiger partial charge in [0.05, 0.1) is 5.25 Å². The van der Waals surface area contributed by atoms with Crippen LogP contribution in [0, 0.1) is 11.3 Å². The molecule has 0 saturated heterocycles. The summed E-state index contributed by atoms with van der Waals surface area (Å²) in [4.78, 5) is 13.2.